The number of likely N-dealkylation sites (tertiary alicyclic amines) is 1. The molecule has 1 saturated heterocycles. The standard InChI is InChI=1S/C9H15NO2/c1-6-2-7(6)3-9(12)10-4-8(11)5-10/h6-8,11H,2-5H2,1H3. The van der Waals surface area contributed by atoms with Gasteiger partial charge in [0.05, 0.1) is 6.10 Å². The molecule has 12 heavy (non-hydrogen) atoms. The van der Waals surface area contributed by atoms with Crippen LogP contribution in [-0.2, 0) is 4.79 Å². The fourth-order valence-corrected chi connectivity index (χ4v) is 1.70. The summed E-state index contributed by atoms with van der Waals surface area (Å²) in [4.78, 5) is 13.1. The molecule has 1 heterocycles. The van der Waals surface area contributed by atoms with Gasteiger partial charge in [-0.25, -0.2) is 0 Å². The van der Waals surface area contributed by atoms with Crippen LogP contribution in [0.15, 0.2) is 0 Å². The zero-order chi connectivity index (χ0) is 8.72. The lowest BCUT2D eigenvalue weighted by atomic mass is 10.1. The van der Waals surface area contributed by atoms with E-state index in [0.29, 0.717) is 25.4 Å². The minimum absolute atomic E-state index is 0.231. The highest BCUT2D eigenvalue weighted by Gasteiger charge is 2.37. The maximum atomic E-state index is 11.4. The van der Waals surface area contributed by atoms with Crippen LogP contribution in [0.1, 0.15) is 19.8 Å². The highest BCUT2D eigenvalue weighted by Crippen LogP contribution is 2.40. The van der Waals surface area contributed by atoms with E-state index < -0.39 is 0 Å². The Kier molecular flexibility index (Phi) is 1.83. The van der Waals surface area contributed by atoms with Crippen molar-refractivity contribution in [2.45, 2.75) is 25.9 Å². The van der Waals surface area contributed by atoms with E-state index in [0.717, 1.165) is 5.92 Å². The molecule has 0 aromatic carbocycles. The largest absolute Gasteiger partial charge is 0.389 e. The van der Waals surface area contributed by atoms with Gasteiger partial charge in [-0.05, 0) is 18.3 Å². The van der Waals surface area contributed by atoms with Crippen LogP contribution in [0.4, 0.5) is 0 Å². The minimum Gasteiger partial charge on any atom is -0.389 e. The lowest BCUT2D eigenvalue weighted by Crippen LogP contribution is -2.53. The second kappa shape index (κ2) is 2.73. The maximum absolute atomic E-state index is 11.4. The monoisotopic (exact) mass is 169 g/mol. The number of carbonyl (C=O) groups is 1. The van der Waals surface area contributed by atoms with Crippen LogP contribution in [0.5, 0.6) is 0 Å². The topological polar surface area (TPSA) is 40.5 Å². The number of rotatable bonds is 2. The summed E-state index contributed by atoms with van der Waals surface area (Å²) in [6, 6.07) is 0. The molecule has 2 rings (SSSR count). The third kappa shape index (κ3) is 1.46. The molecule has 1 N–H and O–H groups in total. The Labute approximate surface area is 72.4 Å². The van der Waals surface area contributed by atoms with Crippen molar-refractivity contribution in [3.05, 3.63) is 0 Å². The molecule has 0 aromatic heterocycles. The Hall–Kier alpha value is -0.570. The molecule has 1 amide bonds. The highest BCUT2D eigenvalue weighted by atomic mass is 16.3. The van der Waals surface area contributed by atoms with Gasteiger partial charge < -0.3 is 10.0 Å². The summed E-state index contributed by atoms with van der Waals surface area (Å²) in [7, 11) is 0. The second-order valence-corrected chi connectivity index (χ2v) is 4.13. The minimum atomic E-state index is -0.259. The molecule has 2 atom stereocenters. The zero-order valence-corrected chi connectivity index (χ0v) is 7.36. The summed E-state index contributed by atoms with van der Waals surface area (Å²) in [6.07, 6.45) is 1.65. The van der Waals surface area contributed by atoms with Crippen molar-refractivity contribution in [3.63, 3.8) is 0 Å². The van der Waals surface area contributed by atoms with E-state index in [4.69, 9.17) is 5.11 Å². The molecule has 1 saturated carbocycles. The molecule has 0 spiro atoms. The van der Waals surface area contributed by atoms with Crippen LogP contribution < -0.4 is 0 Å². The normalized spacial score (nSPS) is 34.7. The average molecular weight is 169 g/mol. The molecule has 0 aromatic rings. The molecule has 3 nitrogen and oxygen atoms in total. The highest BCUT2D eigenvalue weighted by molar-refractivity contribution is 5.77. The molecule has 1 aliphatic heterocycles. The van der Waals surface area contributed by atoms with E-state index >= 15 is 0 Å². The van der Waals surface area contributed by atoms with Crippen molar-refractivity contribution >= 4 is 5.91 Å². The number of hydrogen-bond donors (Lipinski definition) is 1. The van der Waals surface area contributed by atoms with E-state index in [1.165, 1.54) is 6.42 Å². The maximum Gasteiger partial charge on any atom is 0.223 e. The van der Waals surface area contributed by atoms with Crippen molar-refractivity contribution in [2.24, 2.45) is 11.8 Å². The molecule has 0 radical (unpaired) electrons. The van der Waals surface area contributed by atoms with Gasteiger partial charge in [-0.2, -0.15) is 0 Å². The van der Waals surface area contributed by atoms with Gasteiger partial charge in [-0.1, -0.05) is 6.92 Å². The lowest BCUT2D eigenvalue weighted by molar-refractivity contribution is -0.141. The predicted octanol–water partition coefficient (Wildman–Crippen LogP) is 0.236. The fraction of sp³-hybridized carbons (Fsp3) is 0.889. The van der Waals surface area contributed by atoms with Gasteiger partial charge in [0.25, 0.3) is 0 Å². The van der Waals surface area contributed by atoms with E-state index in [1.807, 2.05) is 0 Å². The van der Waals surface area contributed by atoms with E-state index in [9.17, 15) is 4.79 Å². The van der Waals surface area contributed by atoms with Crippen molar-refractivity contribution in [1.29, 1.82) is 0 Å². The third-order valence-corrected chi connectivity index (χ3v) is 2.93. The third-order valence-electron chi connectivity index (χ3n) is 2.93. The van der Waals surface area contributed by atoms with E-state index in [2.05, 4.69) is 6.92 Å². The first kappa shape index (κ1) is 8.05. The first-order valence-electron chi connectivity index (χ1n) is 4.62. The number of aliphatic hydroxyl groups is 1. The average Bonchev–Trinajstić information content (AvgIpc) is 2.60. The number of β-amino-alcohol motifs (C(OH)–C–C–N with tert-alkyl or cyclic N) is 1. The summed E-state index contributed by atoms with van der Waals surface area (Å²) in [6.45, 7) is 3.29. The number of aliphatic hydroxyl groups excluding tert-OH is 1. The van der Waals surface area contributed by atoms with Gasteiger partial charge in [-0.3, -0.25) is 4.79 Å². The molecule has 3 heteroatoms. The SMILES string of the molecule is CC1CC1CC(=O)N1CC(O)C1. The molecule has 1 aliphatic carbocycles. The van der Waals surface area contributed by atoms with Crippen molar-refractivity contribution < 1.29 is 9.90 Å². The lowest BCUT2D eigenvalue weighted by Gasteiger charge is -2.36. The van der Waals surface area contributed by atoms with Crippen LogP contribution in [0.2, 0.25) is 0 Å². The summed E-state index contributed by atoms with van der Waals surface area (Å²) >= 11 is 0. The number of carbonyl (C=O) groups excluding carboxylic acids is 1. The quantitative estimate of drug-likeness (QED) is 0.643. The van der Waals surface area contributed by atoms with Crippen LogP contribution in [0.3, 0.4) is 0 Å². The summed E-state index contributed by atoms with van der Waals surface area (Å²) in [5.74, 6) is 1.62. The van der Waals surface area contributed by atoms with Gasteiger partial charge in [0.15, 0.2) is 0 Å². The Balaban J connectivity index is 1.71. The van der Waals surface area contributed by atoms with Crippen molar-refractivity contribution in [1.82, 2.24) is 4.90 Å². The Bertz CT molecular complexity index is 199. The van der Waals surface area contributed by atoms with E-state index in [-0.39, 0.29) is 12.0 Å². The van der Waals surface area contributed by atoms with Crippen molar-refractivity contribution in [3.8, 4) is 0 Å². The van der Waals surface area contributed by atoms with Gasteiger partial charge in [0.1, 0.15) is 0 Å². The fourth-order valence-electron chi connectivity index (χ4n) is 1.70. The van der Waals surface area contributed by atoms with Gasteiger partial charge in [-0.15, -0.1) is 0 Å². The predicted molar refractivity (Wildman–Crippen MR) is 44.5 cm³/mol. The van der Waals surface area contributed by atoms with Crippen LogP contribution in [0, 0.1) is 11.8 Å². The molecule has 2 aliphatic rings. The molecule has 0 bridgehead atoms. The number of hydrogen-bond acceptors (Lipinski definition) is 2. The Morgan fingerprint density at radius 2 is 2.17 bits per heavy atom. The summed E-state index contributed by atoms with van der Waals surface area (Å²) in [5.41, 5.74) is 0. The van der Waals surface area contributed by atoms with Crippen LogP contribution in [0.25, 0.3) is 0 Å². The van der Waals surface area contributed by atoms with Crippen molar-refractivity contribution in [2.75, 3.05) is 13.1 Å². The number of amides is 1. The van der Waals surface area contributed by atoms with E-state index in [1.54, 1.807) is 4.90 Å². The first-order valence-corrected chi connectivity index (χ1v) is 4.62. The zero-order valence-electron chi connectivity index (χ0n) is 7.36. The van der Waals surface area contributed by atoms with Gasteiger partial charge in [0.2, 0.25) is 5.91 Å². The van der Waals surface area contributed by atoms with Gasteiger partial charge in [0, 0.05) is 19.5 Å². The molecule has 68 valence electrons. The number of nitrogens with zero attached hydrogens (tertiary/aromatic N) is 1. The summed E-state index contributed by atoms with van der Waals surface area (Å²) < 4.78 is 0. The molecule has 2 unspecified atom stereocenters. The van der Waals surface area contributed by atoms with Crippen LogP contribution in [-0.4, -0.2) is 35.1 Å². The Morgan fingerprint density at radius 1 is 1.58 bits per heavy atom. The van der Waals surface area contributed by atoms with Crippen LogP contribution >= 0.6 is 0 Å². The first-order chi connectivity index (χ1) is 5.66. The molecular formula is C9H15NO2. The summed E-state index contributed by atoms with van der Waals surface area (Å²) in [5, 5.41) is 8.98. The molecular weight excluding hydrogens is 154 g/mol. The Morgan fingerprint density at radius 3 is 2.58 bits per heavy atom. The van der Waals surface area contributed by atoms with Gasteiger partial charge >= 0.3 is 0 Å². The second-order valence-electron chi connectivity index (χ2n) is 4.13. The molecule has 2 fully saturated rings. The smallest absolute Gasteiger partial charge is 0.223 e.